The summed E-state index contributed by atoms with van der Waals surface area (Å²) in [7, 11) is 0.756. The Morgan fingerprint density at radius 1 is 0.737 bits per heavy atom. The van der Waals surface area contributed by atoms with E-state index in [9.17, 15) is 8.42 Å². The Morgan fingerprint density at radius 2 is 1.11 bits per heavy atom. The molecular weight excluding hydrogens is 272 g/mol. The van der Waals surface area contributed by atoms with Crippen molar-refractivity contribution in [1.82, 2.24) is 0 Å². The largest absolute Gasteiger partial charge is 0.382 e. The van der Waals surface area contributed by atoms with Crippen LogP contribution in [0.2, 0.25) is 0 Å². The lowest BCUT2D eigenvalue weighted by Crippen LogP contribution is -2.10. The van der Waals surface area contributed by atoms with Crippen LogP contribution in [0.15, 0.2) is 0 Å². The van der Waals surface area contributed by atoms with Gasteiger partial charge in [-0.05, 0) is 12.8 Å². The van der Waals surface area contributed by atoms with Crippen LogP contribution < -0.4 is 0 Å². The summed E-state index contributed by atoms with van der Waals surface area (Å²) >= 11 is 0. The van der Waals surface area contributed by atoms with Crippen molar-refractivity contribution in [3.05, 3.63) is 0 Å². The predicted molar refractivity (Wildman–Crippen MR) is 73.3 cm³/mol. The monoisotopic (exact) mass is 298 g/mol. The summed E-state index contributed by atoms with van der Waals surface area (Å²) in [5, 5.41) is 0. The van der Waals surface area contributed by atoms with Crippen LogP contribution in [0.25, 0.3) is 0 Å². The van der Waals surface area contributed by atoms with E-state index in [1.165, 1.54) is 0 Å². The fourth-order valence-electron chi connectivity index (χ4n) is 1.35. The molecule has 0 atom stereocenters. The first-order chi connectivity index (χ1) is 9.12. The van der Waals surface area contributed by atoms with Crippen LogP contribution in [0.4, 0.5) is 0 Å². The normalized spacial score (nSPS) is 16.9. The molecular formula is C12H26O6S. The van der Waals surface area contributed by atoms with Gasteiger partial charge in [0.2, 0.25) is 0 Å². The summed E-state index contributed by atoms with van der Waals surface area (Å²) < 4.78 is 40.8. The maximum Gasteiger partial charge on any atom is 0.150 e. The summed E-state index contributed by atoms with van der Waals surface area (Å²) in [6.45, 7) is 3.77. The van der Waals surface area contributed by atoms with Crippen LogP contribution >= 0.6 is 0 Å². The number of hydrogen-bond donors (Lipinski definition) is 0. The molecule has 0 aromatic carbocycles. The minimum atomic E-state index is -2.55. The van der Waals surface area contributed by atoms with E-state index in [1.54, 1.807) is 14.2 Å². The fraction of sp³-hybridized carbons (Fsp3) is 1.00. The first-order valence-electron chi connectivity index (χ1n) is 6.46. The Hall–Kier alpha value is -0.210. The molecule has 0 aromatic heterocycles. The van der Waals surface area contributed by atoms with Gasteiger partial charge >= 0.3 is 0 Å². The zero-order valence-electron chi connectivity index (χ0n) is 11.9. The van der Waals surface area contributed by atoms with Gasteiger partial charge in [-0.2, -0.15) is 0 Å². The Kier molecular flexibility index (Phi) is 12.7. The number of sulfone groups is 1. The average molecular weight is 298 g/mol. The molecule has 0 saturated carbocycles. The molecule has 1 aliphatic heterocycles. The smallest absolute Gasteiger partial charge is 0.150 e. The lowest BCUT2D eigenvalue weighted by atomic mass is 10.4. The first-order valence-corrected chi connectivity index (χ1v) is 8.28. The maximum absolute atomic E-state index is 10.4. The van der Waals surface area contributed by atoms with Crippen LogP contribution in [0, 0.1) is 0 Å². The molecule has 0 aliphatic carbocycles. The minimum absolute atomic E-state index is 0.424. The van der Waals surface area contributed by atoms with Crippen LogP contribution in [0.1, 0.15) is 12.8 Å². The van der Waals surface area contributed by atoms with Crippen LogP contribution in [-0.2, 0) is 28.8 Å². The minimum Gasteiger partial charge on any atom is -0.382 e. The second-order valence-corrected chi connectivity index (χ2v) is 6.37. The van der Waals surface area contributed by atoms with Crippen molar-refractivity contribution in [3.8, 4) is 0 Å². The van der Waals surface area contributed by atoms with Gasteiger partial charge in [0.05, 0.1) is 51.1 Å². The molecule has 0 unspecified atom stereocenters. The van der Waals surface area contributed by atoms with E-state index in [4.69, 9.17) is 18.9 Å². The van der Waals surface area contributed by atoms with E-state index < -0.39 is 9.84 Å². The van der Waals surface area contributed by atoms with E-state index in [0.29, 0.717) is 51.1 Å². The molecule has 1 saturated heterocycles. The lowest BCUT2D eigenvalue weighted by Gasteiger charge is -2.04. The quantitative estimate of drug-likeness (QED) is 0.578. The zero-order valence-corrected chi connectivity index (χ0v) is 12.7. The third-order valence-corrected chi connectivity index (χ3v) is 4.22. The Bertz CT molecular complexity index is 256. The summed E-state index contributed by atoms with van der Waals surface area (Å²) in [5.41, 5.74) is 0. The molecule has 0 bridgehead atoms. The summed E-state index contributed by atoms with van der Waals surface area (Å²) in [6, 6.07) is 0. The van der Waals surface area contributed by atoms with E-state index in [2.05, 4.69) is 0 Å². The topological polar surface area (TPSA) is 71.1 Å². The number of ether oxygens (including phenoxy) is 4. The van der Waals surface area contributed by atoms with Gasteiger partial charge in [0.15, 0.2) is 0 Å². The highest BCUT2D eigenvalue weighted by Crippen LogP contribution is 2.08. The van der Waals surface area contributed by atoms with Gasteiger partial charge in [-0.15, -0.1) is 0 Å². The number of hydrogen-bond acceptors (Lipinski definition) is 6. The van der Waals surface area contributed by atoms with Crippen molar-refractivity contribution in [2.45, 2.75) is 12.8 Å². The second-order valence-electron chi connectivity index (χ2n) is 4.07. The van der Waals surface area contributed by atoms with Crippen molar-refractivity contribution >= 4 is 9.84 Å². The van der Waals surface area contributed by atoms with Crippen molar-refractivity contribution in [2.75, 3.05) is 65.4 Å². The molecule has 19 heavy (non-hydrogen) atoms. The Morgan fingerprint density at radius 3 is 1.37 bits per heavy atom. The summed E-state index contributed by atoms with van der Waals surface area (Å²) in [6.07, 6.45) is 1.75. The number of rotatable bonds is 9. The van der Waals surface area contributed by atoms with Gasteiger partial charge in [-0.1, -0.05) is 0 Å². The van der Waals surface area contributed by atoms with Crippen molar-refractivity contribution < 1.29 is 27.4 Å². The van der Waals surface area contributed by atoms with Crippen molar-refractivity contribution in [3.63, 3.8) is 0 Å². The molecule has 0 N–H and O–H groups in total. The molecule has 0 aromatic rings. The lowest BCUT2D eigenvalue weighted by molar-refractivity contribution is 0.0106. The number of methoxy groups -OCH3 is 2. The highest BCUT2D eigenvalue weighted by molar-refractivity contribution is 7.91. The van der Waals surface area contributed by atoms with E-state index >= 15 is 0 Å². The van der Waals surface area contributed by atoms with Crippen molar-refractivity contribution in [1.29, 1.82) is 0 Å². The summed E-state index contributed by atoms with van der Waals surface area (Å²) in [4.78, 5) is 0. The van der Waals surface area contributed by atoms with Crippen LogP contribution in [-0.4, -0.2) is 73.8 Å². The van der Waals surface area contributed by atoms with Gasteiger partial charge in [0.1, 0.15) is 9.84 Å². The van der Waals surface area contributed by atoms with Gasteiger partial charge in [-0.3, -0.25) is 0 Å². The Balaban J connectivity index is 0.000000388. The molecule has 1 fully saturated rings. The SMILES string of the molecule is COCCOCCOCCOC.O=S1(=O)CCCC1. The zero-order chi connectivity index (χ0) is 14.4. The Labute approximate surface area is 116 Å². The first kappa shape index (κ1) is 18.8. The molecule has 1 rings (SSSR count). The molecule has 6 nitrogen and oxygen atoms in total. The predicted octanol–water partition coefficient (Wildman–Crippen LogP) is 0.507. The third-order valence-electron chi connectivity index (χ3n) is 2.40. The molecule has 0 radical (unpaired) electrons. The van der Waals surface area contributed by atoms with Crippen molar-refractivity contribution in [2.24, 2.45) is 0 Å². The van der Waals surface area contributed by atoms with Gasteiger partial charge < -0.3 is 18.9 Å². The fourth-order valence-corrected chi connectivity index (χ4v) is 2.84. The molecule has 0 spiro atoms. The molecule has 1 aliphatic rings. The average Bonchev–Trinajstić information content (AvgIpc) is 2.78. The molecule has 0 amide bonds. The van der Waals surface area contributed by atoms with Gasteiger partial charge in [0, 0.05) is 14.2 Å². The molecule has 7 heteroatoms. The van der Waals surface area contributed by atoms with E-state index in [-0.39, 0.29) is 0 Å². The van der Waals surface area contributed by atoms with Crippen LogP contribution in [0.5, 0.6) is 0 Å². The van der Waals surface area contributed by atoms with Crippen LogP contribution in [0.3, 0.4) is 0 Å². The highest BCUT2D eigenvalue weighted by Gasteiger charge is 2.16. The summed E-state index contributed by atoms with van der Waals surface area (Å²) in [5.74, 6) is 0.847. The second kappa shape index (κ2) is 12.8. The third kappa shape index (κ3) is 14.0. The van der Waals surface area contributed by atoms with E-state index in [0.717, 1.165) is 12.8 Å². The molecule has 1 heterocycles. The van der Waals surface area contributed by atoms with Gasteiger partial charge in [0.25, 0.3) is 0 Å². The van der Waals surface area contributed by atoms with Gasteiger partial charge in [-0.25, -0.2) is 8.42 Å². The highest BCUT2D eigenvalue weighted by atomic mass is 32.2. The molecule has 116 valence electrons. The standard InChI is InChI=1S/C8H18O4.C4H8O2S/c1-9-3-5-11-7-8-12-6-4-10-2;5-7(6)3-1-2-4-7/h3-8H2,1-2H3;1-4H2. The maximum atomic E-state index is 10.4. The van der Waals surface area contributed by atoms with E-state index in [1.807, 2.05) is 0 Å².